The first-order valence-electron chi connectivity index (χ1n) is 3.81. The Balaban J connectivity index is 2.19. The highest BCUT2D eigenvalue weighted by molar-refractivity contribution is 7.81. The molecule has 0 spiro atoms. The Kier molecular flexibility index (Phi) is 3.72. The van der Waals surface area contributed by atoms with Crippen LogP contribution in [0.5, 0.6) is 0 Å². The molecule has 11 heavy (non-hydrogen) atoms. The minimum absolute atomic E-state index is 0.0141. The smallest absolute Gasteiger partial charge is 0.229 e. The normalized spacial score (nSPS) is 19.7. The van der Waals surface area contributed by atoms with Crippen LogP contribution in [0.3, 0.4) is 0 Å². The summed E-state index contributed by atoms with van der Waals surface area (Å²) in [7, 11) is 0. The molecule has 64 valence electrons. The first kappa shape index (κ1) is 8.87. The summed E-state index contributed by atoms with van der Waals surface area (Å²) in [4.78, 5) is 10.9. The standard InChI is InChI=1S/C7H13NO2S/c9-7(5-11)8-6-1-3-10-4-2-6/h6,11H,1-5H2,(H,8,9). The molecule has 0 aromatic rings. The van der Waals surface area contributed by atoms with Crippen LogP contribution in [0.1, 0.15) is 12.8 Å². The molecule has 0 aliphatic carbocycles. The van der Waals surface area contributed by atoms with Crippen molar-refractivity contribution in [1.29, 1.82) is 0 Å². The van der Waals surface area contributed by atoms with Crippen LogP contribution in [0.2, 0.25) is 0 Å². The van der Waals surface area contributed by atoms with E-state index in [9.17, 15) is 4.79 Å². The Bertz CT molecular complexity index is 134. The van der Waals surface area contributed by atoms with Crippen LogP contribution in [0.4, 0.5) is 0 Å². The van der Waals surface area contributed by atoms with E-state index in [0.717, 1.165) is 26.1 Å². The maximum atomic E-state index is 10.9. The first-order valence-corrected chi connectivity index (χ1v) is 4.44. The van der Waals surface area contributed by atoms with E-state index < -0.39 is 0 Å². The van der Waals surface area contributed by atoms with Crippen molar-refractivity contribution in [2.75, 3.05) is 19.0 Å². The number of hydrogen-bond acceptors (Lipinski definition) is 3. The minimum Gasteiger partial charge on any atom is -0.381 e. The van der Waals surface area contributed by atoms with Crippen LogP contribution in [-0.2, 0) is 9.53 Å². The summed E-state index contributed by atoms with van der Waals surface area (Å²) < 4.78 is 5.14. The largest absolute Gasteiger partial charge is 0.381 e. The van der Waals surface area contributed by atoms with Gasteiger partial charge in [0.1, 0.15) is 0 Å². The molecule has 1 rings (SSSR count). The lowest BCUT2D eigenvalue weighted by Gasteiger charge is -2.22. The third-order valence-corrected chi connectivity index (χ3v) is 2.02. The minimum atomic E-state index is 0.0141. The maximum Gasteiger partial charge on any atom is 0.229 e. The fourth-order valence-corrected chi connectivity index (χ4v) is 1.21. The lowest BCUT2D eigenvalue weighted by Crippen LogP contribution is -2.39. The van der Waals surface area contributed by atoms with Crippen molar-refractivity contribution in [3.05, 3.63) is 0 Å². The fraction of sp³-hybridized carbons (Fsp3) is 0.857. The van der Waals surface area contributed by atoms with Crippen molar-refractivity contribution >= 4 is 18.5 Å². The van der Waals surface area contributed by atoms with Gasteiger partial charge in [0, 0.05) is 19.3 Å². The van der Waals surface area contributed by atoms with Crippen LogP contribution >= 0.6 is 12.6 Å². The summed E-state index contributed by atoms with van der Waals surface area (Å²) in [6.45, 7) is 1.52. The second kappa shape index (κ2) is 4.62. The molecule has 3 nitrogen and oxygen atoms in total. The van der Waals surface area contributed by atoms with Gasteiger partial charge in [0.25, 0.3) is 0 Å². The van der Waals surface area contributed by atoms with Gasteiger partial charge in [0.15, 0.2) is 0 Å². The summed E-state index contributed by atoms with van der Waals surface area (Å²) in [5.41, 5.74) is 0. The predicted octanol–water partition coefficient (Wildman–Crippen LogP) is 0.211. The molecule has 0 bridgehead atoms. The molecule has 0 aromatic heterocycles. The van der Waals surface area contributed by atoms with Gasteiger partial charge in [-0.15, -0.1) is 0 Å². The third-order valence-electron chi connectivity index (χ3n) is 1.73. The van der Waals surface area contributed by atoms with E-state index in [0.29, 0.717) is 6.04 Å². The molecule has 1 heterocycles. The molecule has 0 aromatic carbocycles. The van der Waals surface area contributed by atoms with Crippen LogP contribution in [0, 0.1) is 0 Å². The Morgan fingerprint density at radius 1 is 1.55 bits per heavy atom. The second-order valence-corrected chi connectivity index (χ2v) is 2.93. The Morgan fingerprint density at radius 3 is 2.73 bits per heavy atom. The van der Waals surface area contributed by atoms with Gasteiger partial charge in [-0.1, -0.05) is 0 Å². The second-order valence-electron chi connectivity index (χ2n) is 2.61. The van der Waals surface area contributed by atoms with Crippen molar-refractivity contribution in [2.45, 2.75) is 18.9 Å². The van der Waals surface area contributed by atoms with Gasteiger partial charge >= 0.3 is 0 Å². The van der Waals surface area contributed by atoms with Gasteiger partial charge in [-0.25, -0.2) is 0 Å². The molecule has 1 N–H and O–H groups in total. The predicted molar refractivity (Wildman–Crippen MR) is 45.8 cm³/mol. The van der Waals surface area contributed by atoms with E-state index in [1.54, 1.807) is 0 Å². The lowest BCUT2D eigenvalue weighted by molar-refractivity contribution is -0.119. The number of carbonyl (C=O) groups excluding carboxylic acids is 1. The van der Waals surface area contributed by atoms with E-state index in [2.05, 4.69) is 17.9 Å². The summed E-state index contributed by atoms with van der Waals surface area (Å²) in [6.07, 6.45) is 1.86. The SMILES string of the molecule is O=C(CS)NC1CCOCC1. The first-order chi connectivity index (χ1) is 5.33. The molecule has 0 atom stereocenters. The molecule has 0 unspecified atom stereocenters. The molecular formula is C7H13NO2S. The quantitative estimate of drug-likeness (QED) is 0.589. The molecule has 4 heteroatoms. The molecule has 1 aliphatic rings. The Hall–Kier alpha value is -0.220. The highest BCUT2D eigenvalue weighted by Gasteiger charge is 2.14. The van der Waals surface area contributed by atoms with Crippen LogP contribution in [0.25, 0.3) is 0 Å². The average molecular weight is 175 g/mol. The zero-order valence-corrected chi connectivity index (χ0v) is 7.27. The van der Waals surface area contributed by atoms with Crippen molar-refractivity contribution in [1.82, 2.24) is 5.32 Å². The number of nitrogens with one attached hydrogen (secondary N) is 1. The summed E-state index contributed by atoms with van der Waals surface area (Å²) in [5.74, 6) is 0.289. The topological polar surface area (TPSA) is 38.3 Å². The molecule has 1 saturated heterocycles. The maximum absolute atomic E-state index is 10.9. The molecule has 1 amide bonds. The van der Waals surface area contributed by atoms with Gasteiger partial charge in [0.05, 0.1) is 5.75 Å². The zero-order valence-electron chi connectivity index (χ0n) is 6.38. The highest BCUT2D eigenvalue weighted by atomic mass is 32.1. The number of amides is 1. The number of rotatable bonds is 2. The van der Waals surface area contributed by atoms with Crippen LogP contribution in [-0.4, -0.2) is 30.9 Å². The van der Waals surface area contributed by atoms with Crippen LogP contribution < -0.4 is 5.32 Å². The fourth-order valence-electron chi connectivity index (χ4n) is 1.12. The van der Waals surface area contributed by atoms with E-state index >= 15 is 0 Å². The van der Waals surface area contributed by atoms with Gasteiger partial charge in [-0.2, -0.15) is 12.6 Å². The summed E-state index contributed by atoms with van der Waals surface area (Å²) >= 11 is 3.87. The van der Waals surface area contributed by atoms with E-state index in [1.165, 1.54) is 0 Å². The van der Waals surface area contributed by atoms with E-state index in [-0.39, 0.29) is 11.7 Å². The number of ether oxygens (including phenoxy) is 1. The molecule has 0 radical (unpaired) electrons. The van der Waals surface area contributed by atoms with Gasteiger partial charge < -0.3 is 10.1 Å². The number of carbonyl (C=O) groups is 1. The van der Waals surface area contributed by atoms with E-state index in [4.69, 9.17) is 4.74 Å². The van der Waals surface area contributed by atoms with Crippen molar-refractivity contribution < 1.29 is 9.53 Å². The molecular weight excluding hydrogens is 162 g/mol. The number of thiol groups is 1. The summed E-state index contributed by atoms with van der Waals surface area (Å²) in [6, 6.07) is 0.309. The Labute approximate surface area is 71.9 Å². The molecule has 1 aliphatic heterocycles. The third kappa shape index (κ3) is 3.12. The van der Waals surface area contributed by atoms with Crippen molar-refractivity contribution in [3.8, 4) is 0 Å². The van der Waals surface area contributed by atoms with Crippen molar-refractivity contribution in [2.24, 2.45) is 0 Å². The number of hydrogen-bond donors (Lipinski definition) is 2. The average Bonchev–Trinajstić information content (AvgIpc) is 2.06. The highest BCUT2D eigenvalue weighted by Crippen LogP contribution is 2.05. The van der Waals surface area contributed by atoms with Gasteiger partial charge in [-0.05, 0) is 12.8 Å². The van der Waals surface area contributed by atoms with Gasteiger partial charge in [0.2, 0.25) is 5.91 Å². The summed E-state index contributed by atoms with van der Waals surface area (Å²) in [5, 5.41) is 2.87. The Morgan fingerprint density at radius 2 is 2.18 bits per heavy atom. The molecule has 0 saturated carbocycles. The lowest BCUT2D eigenvalue weighted by atomic mass is 10.1. The monoisotopic (exact) mass is 175 g/mol. The zero-order chi connectivity index (χ0) is 8.10. The van der Waals surface area contributed by atoms with Crippen LogP contribution in [0.15, 0.2) is 0 Å². The van der Waals surface area contributed by atoms with Gasteiger partial charge in [-0.3, -0.25) is 4.79 Å². The van der Waals surface area contributed by atoms with Crippen molar-refractivity contribution in [3.63, 3.8) is 0 Å². The molecule has 1 fully saturated rings. The van der Waals surface area contributed by atoms with E-state index in [1.807, 2.05) is 0 Å².